The van der Waals surface area contributed by atoms with Crippen LogP contribution < -0.4 is 15.6 Å². The van der Waals surface area contributed by atoms with Crippen LogP contribution in [0.25, 0.3) is 0 Å². The van der Waals surface area contributed by atoms with Crippen LogP contribution in [0.5, 0.6) is 5.75 Å². The summed E-state index contributed by atoms with van der Waals surface area (Å²) in [7, 11) is 0. The molecule has 0 aliphatic carbocycles. The first-order valence-corrected chi connectivity index (χ1v) is 8.15. The second kappa shape index (κ2) is 8.21. The molecule has 2 N–H and O–H groups in total. The van der Waals surface area contributed by atoms with E-state index in [-0.39, 0.29) is 10.8 Å². The molecule has 24 heavy (non-hydrogen) atoms. The molecular formula is C15H17Cl2N3O4. The minimum atomic E-state index is -0.939. The number of hydrazine groups is 1. The van der Waals surface area contributed by atoms with Gasteiger partial charge in [-0.3, -0.25) is 25.2 Å². The van der Waals surface area contributed by atoms with Crippen LogP contribution in [0, 0.1) is 0 Å². The van der Waals surface area contributed by atoms with E-state index < -0.39 is 23.8 Å². The number of likely N-dealkylation sites (tertiary alicyclic amines) is 1. The Balaban J connectivity index is 1.82. The van der Waals surface area contributed by atoms with Gasteiger partial charge in [0.15, 0.2) is 6.10 Å². The first kappa shape index (κ1) is 18.4. The highest BCUT2D eigenvalue weighted by molar-refractivity contribution is 6.35. The summed E-state index contributed by atoms with van der Waals surface area (Å²) in [5.74, 6) is -1.89. The largest absolute Gasteiger partial charge is 0.479 e. The number of halogens is 2. The molecule has 0 spiro atoms. The van der Waals surface area contributed by atoms with E-state index in [0.717, 1.165) is 12.8 Å². The predicted molar refractivity (Wildman–Crippen MR) is 88.7 cm³/mol. The number of benzene rings is 1. The van der Waals surface area contributed by atoms with Crippen LogP contribution in [0.1, 0.15) is 19.8 Å². The minimum Gasteiger partial charge on any atom is -0.479 e. The summed E-state index contributed by atoms with van der Waals surface area (Å²) in [4.78, 5) is 36.9. The topological polar surface area (TPSA) is 87.7 Å². The fourth-order valence-electron chi connectivity index (χ4n) is 2.15. The molecule has 1 aromatic carbocycles. The van der Waals surface area contributed by atoms with E-state index in [1.165, 1.54) is 24.0 Å². The van der Waals surface area contributed by atoms with Crippen LogP contribution in [0.2, 0.25) is 10.0 Å². The molecule has 1 aromatic rings. The smallest absolute Gasteiger partial charge is 0.327 e. The fourth-order valence-corrected chi connectivity index (χ4v) is 2.61. The Hall–Kier alpha value is -1.99. The normalized spacial score (nSPS) is 14.9. The van der Waals surface area contributed by atoms with Gasteiger partial charge >= 0.3 is 11.8 Å². The van der Waals surface area contributed by atoms with Gasteiger partial charge < -0.3 is 9.64 Å². The molecule has 130 valence electrons. The van der Waals surface area contributed by atoms with Gasteiger partial charge in [0.1, 0.15) is 5.75 Å². The van der Waals surface area contributed by atoms with Gasteiger partial charge in [-0.05, 0) is 38.0 Å². The highest BCUT2D eigenvalue weighted by Gasteiger charge is 2.25. The van der Waals surface area contributed by atoms with E-state index >= 15 is 0 Å². The van der Waals surface area contributed by atoms with Crippen molar-refractivity contribution in [2.45, 2.75) is 25.9 Å². The zero-order valence-electron chi connectivity index (χ0n) is 13.0. The molecule has 0 saturated carbocycles. The molecule has 0 unspecified atom stereocenters. The zero-order chi connectivity index (χ0) is 17.7. The number of carbonyl (C=O) groups is 3. The molecule has 0 radical (unpaired) electrons. The maximum atomic E-state index is 11.9. The molecule has 1 heterocycles. The third-order valence-electron chi connectivity index (χ3n) is 3.45. The monoisotopic (exact) mass is 373 g/mol. The van der Waals surface area contributed by atoms with Crippen LogP contribution in [0.4, 0.5) is 0 Å². The number of nitrogens with one attached hydrogen (secondary N) is 2. The average molecular weight is 374 g/mol. The molecule has 1 aliphatic rings. The van der Waals surface area contributed by atoms with Crippen molar-refractivity contribution in [3.05, 3.63) is 28.2 Å². The van der Waals surface area contributed by atoms with Crippen molar-refractivity contribution in [1.82, 2.24) is 15.8 Å². The lowest BCUT2D eigenvalue weighted by Crippen LogP contribution is -2.52. The Kier molecular flexibility index (Phi) is 6.28. The molecule has 3 amide bonds. The summed E-state index contributed by atoms with van der Waals surface area (Å²) >= 11 is 11.7. The predicted octanol–water partition coefficient (Wildman–Crippen LogP) is 1.53. The molecule has 9 heteroatoms. The summed E-state index contributed by atoms with van der Waals surface area (Å²) in [5, 5.41) is 0.701. The van der Waals surface area contributed by atoms with Gasteiger partial charge in [-0.25, -0.2) is 0 Å². The lowest BCUT2D eigenvalue weighted by atomic mass is 10.3. The molecule has 1 saturated heterocycles. The molecule has 1 aliphatic heterocycles. The SMILES string of the molecule is C[C@@H](Oc1ccc(Cl)cc1Cl)C(=O)NNC(=O)C(=O)N1CCCC1. The quantitative estimate of drug-likeness (QED) is 0.621. The molecule has 0 aromatic heterocycles. The molecule has 1 atom stereocenters. The van der Waals surface area contributed by atoms with Crippen molar-refractivity contribution in [2.24, 2.45) is 0 Å². The molecular weight excluding hydrogens is 357 g/mol. The van der Waals surface area contributed by atoms with Gasteiger partial charge in [0.05, 0.1) is 5.02 Å². The van der Waals surface area contributed by atoms with Crippen LogP contribution in [0.3, 0.4) is 0 Å². The first-order chi connectivity index (χ1) is 11.4. The summed E-state index contributed by atoms with van der Waals surface area (Å²) in [6.07, 6.45) is 0.807. The lowest BCUT2D eigenvalue weighted by molar-refractivity contribution is -0.146. The number of rotatable bonds is 3. The third kappa shape index (κ3) is 4.75. The second-order valence-electron chi connectivity index (χ2n) is 5.28. The van der Waals surface area contributed by atoms with E-state index in [2.05, 4.69) is 10.9 Å². The summed E-state index contributed by atoms with van der Waals surface area (Å²) in [5.41, 5.74) is 4.24. The summed E-state index contributed by atoms with van der Waals surface area (Å²) in [6, 6.07) is 4.59. The molecule has 7 nitrogen and oxygen atoms in total. The van der Waals surface area contributed by atoms with Crippen molar-refractivity contribution in [2.75, 3.05) is 13.1 Å². The maximum Gasteiger partial charge on any atom is 0.327 e. The minimum absolute atomic E-state index is 0.260. The lowest BCUT2D eigenvalue weighted by Gasteiger charge is -2.17. The van der Waals surface area contributed by atoms with Crippen molar-refractivity contribution in [1.29, 1.82) is 0 Å². The fraction of sp³-hybridized carbons (Fsp3) is 0.400. The van der Waals surface area contributed by atoms with Gasteiger partial charge in [0.25, 0.3) is 5.91 Å². The van der Waals surface area contributed by atoms with E-state index in [1.54, 1.807) is 6.07 Å². The number of nitrogens with zero attached hydrogens (tertiary/aromatic N) is 1. The van der Waals surface area contributed by atoms with Crippen LogP contribution in [-0.4, -0.2) is 41.8 Å². The Morgan fingerprint density at radius 3 is 2.46 bits per heavy atom. The van der Waals surface area contributed by atoms with Gasteiger partial charge in [-0.1, -0.05) is 23.2 Å². The number of carbonyl (C=O) groups excluding carboxylic acids is 3. The molecule has 1 fully saturated rings. The Morgan fingerprint density at radius 1 is 1.17 bits per heavy atom. The number of amides is 3. The second-order valence-corrected chi connectivity index (χ2v) is 6.12. The third-order valence-corrected chi connectivity index (χ3v) is 3.98. The number of hydrogen-bond donors (Lipinski definition) is 2. The highest BCUT2D eigenvalue weighted by Crippen LogP contribution is 2.28. The van der Waals surface area contributed by atoms with Crippen molar-refractivity contribution in [3.63, 3.8) is 0 Å². The van der Waals surface area contributed by atoms with E-state index in [9.17, 15) is 14.4 Å². The van der Waals surface area contributed by atoms with Crippen molar-refractivity contribution < 1.29 is 19.1 Å². The average Bonchev–Trinajstić information content (AvgIpc) is 3.08. The number of hydrogen-bond acceptors (Lipinski definition) is 4. The summed E-state index contributed by atoms with van der Waals surface area (Å²) < 4.78 is 5.41. The van der Waals surface area contributed by atoms with Crippen LogP contribution in [-0.2, 0) is 14.4 Å². The van der Waals surface area contributed by atoms with Crippen molar-refractivity contribution in [3.8, 4) is 5.75 Å². The van der Waals surface area contributed by atoms with E-state index in [0.29, 0.717) is 18.1 Å². The highest BCUT2D eigenvalue weighted by atomic mass is 35.5. The summed E-state index contributed by atoms with van der Waals surface area (Å²) in [6.45, 7) is 2.58. The van der Waals surface area contributed by atoms with E-state index in [4.69, 9.17) is 27.9 Å². The van der Waals surface area contributed by atoms with Gasteiger partial charge in [-0.2, -0.15) is 0 Å². The van der Waals surface area contributed by atoms with Gasteiger partial charge in [0, 0.05) is 18.1 Å². The number of ether oxygens (including phenoxy) is 1. The molecule has 0 bridgehead atoms. The zero-order valence-corrected chi connectivity index (χ0v) is 14.5. The Labute approximate surface area is 149 Å². The van der Waals surface area contributed by atoms with Crippen LogP contribution in [0.15, 0.2) is 18.2 Å². The maximum absolute atomic E-state index is 11.9. The van der Waals surface area contributed by atoms with Gasteiger partial charge in [0.2, 0.25) is 0 Å². The van der Waals surface area contributed by atoms with Crippen molar-refractivity contribution >= 4 is 40.9 Å². The molecule has 2 rings (SSSR count). The van der Waals surface area contributed by atoms with Gasteiger partial charge in [-0.15, -0.1) is 0 Å². The Bertz CT molecular complexity index is 648. The van der Waals surface area contributed by atoms with Crippen LogP contribution >= 0.6 is 23.2 Å². The Morgan fingerprint density at radius 2 is 1.83 bits per heavy atom. The van der Waals surface area contributed by atoms with E-state index in [1.807, 2.05) is 0 Å². The first-order valence-electron chi connectivity index (χ1n) is 7.39. The standard InChI is InChI=1S/C15H17Cl2N3O4/c1-9(24-12-5-4-10(16)8-11(12)17)13(21)18-19-14(22)15(23)20-6-2-3-7-20/h4-5,8-9H,2-3,6-7H2,1H3,(H,18,21)(H,19,22)/t9-/m1/s1.